The normalized spacial score (nSPS) is 18.1. The molecule has 1 unspecified atom stereocenters. The maximum atomic E-state index is 13.3. The molecule has 2 aromatic heterocycles. The Kier molecular flexibility index (Phi) is 8.87. The van der Waals surface area contributed by atoms with Gasteiger partial charge < -0.3 is 9.74 Å². The van der Waals surface area contributed by atoms with Crippen LogP contribution in [0.2, 0.25) is 5.02 Å². The molecule has 0 radical (unpaired) electrons. The summed E-state index contributed by atoms with van der Waals surface area (Å²) < 4.78 is 85.4. The third-order valence-electron chi connectivity index (χ3n) is 7.07. The summed E-state index contributed by atoms with van der Waals surface area (Å²) in [6, 6.07) is 5.45. The molecule has 0 spiro atoms. The maximum Gasteiger partial charge on any atom is 0.282 e. The molecule has 1 aromatic carbocycles. The van der Waals surface area contributed by atoms with E-state index >= 15 is 0 Å². The molecule has 10 nitrogen and oxygen atoms in total. The van der Waals surface area contributed by atoms with E-state index in [1.807, 2.05) is 5.38 Å². The van der Waals surface area contributed by atoms with Crippen molar-refractivity contribution in [2.45, 2.75) is 56.4 Å². The van der Waals surface area contributed by atoms with Crippen LogP contribution in [0.25, 0.3) is 0 Å². The van der Waals surface area contributed by atoms with Crippen molar-refractivity contribution < 1.29 is 40.2 Å². The molecule has 3 aromatic rings. The number of carbonyl (C=O) groups excluding carboxylic acids is 1. The third kappa shape index (κ3) is 6.76. The van der Waals surface area contributed by atoms with Crippen molar-refractivity contribution in [1.29, 1.82) is 0 Å². The Morgan fingerprint density at radius 3 is 2.60 bits per heavy atom. The lowest BCUT2D eigenvalue weighted by molar-refractivity contribution is -0.133. The molecule has 2 aliphatic rings. The lowest BCUT2D eigenvalue weighted by Gasteiger charge is -2.31. The number of halogens is 5. The summed E-state index contributed by atoms with van der Waals surface area (Å²) in [6.07, 6.45) is -5.26. The van der Waals surface area contributed by atoms with Gasteiger partial charge in [0, 0.05) is 41.4 Å². The van der Waals surface area contributed by atoms with Crippen molar-refractivity contribution in [3.63, 3.8) is 0 Å². The first-order chi connectivity index (χ1) is 19.9. The Hall–Kier alpha value is -3.08. The van der Waals surface area contributed by atoms with Crippen molar-refractivity contribution in [1.82, 2.24) is 19.7 Å². The Labute approximate surface area is 246 Å². The number of amides is 1. The van der Waals surface area contributed by atoms with Crippen molar-refractivity contribution in [3.05, 3.63) is 67.9 Å². The van der Waals surface area contributed by atoms with E-state index in [9.17, 15) is 35.3 Å². The molecular formula is C25H24ClF4N5O5S2. The molecule has 1 atom stereocenters. The van der Waals surface area contributed by atoms with Crippen LogP contribution in [0.1, 0.15) is 77.4 Å². The van der Waals surface area contributed by atoms with Crippen LogP contribution >= 0.6 is 22.9 Å². The minimum Gasteiger partial charge on any atom is -0.387 e. The van der Waals surface area contributed by atoms with Gasteiger partial charge >= 0.3 is 0 Å². The Bertz CT molecular complexity index is 1610. The molecule has 5 rings (SSSR count). The van der Waals surface area contributed by atoms with Crippen LogP contribution in [0.4, 0.5) is 17.6 Å². The number of alkyl halides is 4. The summed E-state index contributed by atoms with van der Waals surface area (Å²) in [7, 11) is -4.33. The third-order valence-corrected chi connectivity index (χ3v) is 9.09. The van der Waals surface area contributed by atoms with E-state index in [4.69, 9.17) is 21.4 Å². The molecule has 2 aliphatic heterocycles. The number of thiazole rings is 1. The molecule has 0 aliphatic carbocycles. The van der Waals surface area contributed by atoms with Gasteiger partial charge in [-0.1, -0.05) is 28.9 Å². The zero-order chi connectivity index (χ0) is 30.2. The van der Waals surface area contributed by atoms with Crippen molar-refractivity contribution in [3.8, 4) is 0 Å². The van der Waals surface area contributed by atoms with Crippen LogP contribution in [-0.2, 0) is 32.0 Å². The van der Waals surface area contributed by atoms with Gasteiger partial charge in [0.25, 0.3) is 23.0 Å². The summed E-state index contributed by atoms with van der Waals surface area (Å²) in [6.45, 7) is 0.115. The molecule has 17 heteroatoms. The highest BCUT2D eigenvalue weighted by Gasteiger charge is 2.31. The van der Waals surface area contributed by atoms with Gasteiger partial charge in [-0.3, -0.25) is 14.0 Å². The van der Waals surface area contributed by atoms with E-state index in [1.54, 1.807) is 12.1 Å². The van der Waals surface area contributed by atoms with Gasteiger partial charge in [0.1, 0.15) is 29.4 Å². The predicted molar refractivity (Wildman–Crippen MR) is 144 cm³/mol. The standard InChI is InChI=1S/C25H24ClF4N5O5S2/c26-16-3-1-2-14(15(16)12-42(37,38)39)21-9-17(33-40-21)19-11-41-25(31-19)13-4-6-34(7-5-13)22(36)10-35-20(24(29)30)8-18(32-35)23(27)28/h1-3,8,11,13,21,23-24H,4-7,9-10,12H2,(H,37,38,39). The molecule has 42 heavy (non-hydrogen) atoms. The number of aromatic nitrogens is 3. The van der Waals surface area contributed by atoms with Crippen molar-refractivity contribution in [2.24, 2.45) is 5.16 Å². The fraction of sp³-hybridized carbons (Fsp3) is 0.440. The van der Waals surface area contributed by atoms with Crippen LogP contribution in [-0.4, -0.2) is 57.3 Å². The van der Waals surface area contributed by atoms with Crippen molar-refractivity contribution in [2.75, 3.05) is 13.1 Å². The molecule has 0 bridgehead atoms. The van der Waals surface area contributed by atoms with Crippen LogP contribution in [0.5, 0.6) is 0 Å². The SMILES string of the molecule is O=C(Cn1nc(C(F)F)cc1C(F)F)N1CCC(c2nc(C3=NOC(c4cccc(Cl)c4CS(=O)(=O)O)C3)cs2)CC1. The van der Waals surface area contributed by atoms with Crippen molar-refractivity contribution >= 4 is 44.7 Å². The topological polar surface area (TPSA) is 127 Å². The molecule has 4 heterocycles. The van der Waals surface area contributed by atoms with E-state index in [2.05, 4.69) is 10.3 Å². The molecule has 1 saturated heterocycles. The maximum absolute atomic E-state index is 13.3. The highest BCUT2D eigenvalue weighted by Crippen LogP contribution is 2.37. The van der Waals surface area contributed by atoms with E-state index in [1.165, 1.54) is 22.3 Å². The first-order valence-corrected chi connectivity index (χ1v) is 15.6. The van der Waals surface area contributed by atoms with Gasteiger partial charge in [0.15, 0.2) is 6.10 Å². The monoisotopic (exact) mass is 649 g/mol. The fourth-order valence-corrected chi connectivity index (χ4v) is 6.99. The number of benzene rings is 1. The lowest BCUT2D eigenvalue weighted by Crippen LogP contribution is -2.40. The average molecular weight is 650 g/mol. The minimum absolute atomic E-state index is 0.0348. The number of nitrogens with zero attached hydrogens (tertiary/aromatic N) is 5. The number of hydrogen-bond donors (Lipinski definition) is 1. The molecule has 0 saturated carbocycles. The summed E-state index contributed by atoms with van der Waals surface area (Å²) in [5.41, 5.74) is 0.358. The summed E-state index contributed by atoms with van der Waals surface area (Å²) in [5, 5.41) is 10.5. The summed E-state index contributed by atoms with van der Waals surface area (Å²) in [5.74, 6) is -1.12. The van der Waals surface area contributed by atoms with Crippen LogP contribution in [0.3, 0.4) is 0 Å². The Morgan fingerprint density at radius 2 is 1.93 bits per heavy atom. The second-order valence-electron chi connectivity index (χ2n) is 9.85. The highest BCUT2D eigenvalue weighted by atomic mass is 35.5. The first kappa shape index (κ1) is 30.4. The number of carbonyl (C=O) groups is 1. The largest absolute Gasteiger partial charge is 0.387 e. The van der Waals surface area contributed by atoms with E-state index in [0.717, 1.165) is 5.01 Å². The average Bonchev–Trinajstić information content (AvgIpc) is 3.69. The smallest absolute Gasteiger partial charge is 0.282 e. The molecular weight excluding hydrogens is 626 g/mol. The quantitative estimate of drug-likeness (QED) is 0.239. The van der Waals surface area contributed by atoms with E-state index < -0.39 is 58.7 Å². The lowest BCUT2D eigenvalue weighted by atomic mass is 9.97. The number of oxime groups is 1. The van der Waals surface area contributed by atoms with Gasteiger partial charge in [-0.25, -0.2) is 22.5 Å². The summed E-state index contributed by atoms with van der Waals surface area (Å²) >= 11 is 7.62. The van der Waals surface area contributed by atoms with Crippen LogP contribution < -0.4 is 0 Å². The van der Waals surface area contributed by atoms with Crippen LogP contribution in [0, 0.1) is 0 Å². The zero-order valence-electron chi connectivity index (χ0n) is 21.7. The van der Waals surface area contributed by atoms with E-state index in [-0.39, 0.29) is 16.5 Å². The number of hydrogen-bond acceptors (Lipinski definition) is 8. The second-order valence-corrected chi connectivity index (χ2v) is 12.6. The van der Waals surface area contributed by atoms with E-state index in [0.29, 0.717) is 60.1 Å². The molecule has 1 N–H and O–H groups in total. The predicted octanol–water partition coefficient (Wildman–Crippen LogP) is 5.53. The first-order valence-electron chi connectivity index (χ1n) is 12.7. The van der Waals surface area contributed by atoms with Crippen LogP contribution in [0.15, 0.2) is 34.8 Å². The second kappa shape index (κ2) is 12.3. The zero-order valence-corrected chi connectivity index (χ0v) is 24.1. The van der Waals surface area contributed by atoms with Gasteiger partial charge in [-0.2, -0.15) is 13.5 Å². The number of likely N-dealkylation sites (tertiary alicyclic amines) is 1. The molecule has 1 amide bonds. The number of piperidine rings is 1. The van der Waals surface area contributed by atoms with Gasteiger partial charge in [-0.05, 0) is 30.5 Å². The van der Waals surface area contributed by atoms with Gasteiger partial charge in [0.05, 0.1) is 10.7 Å². The Balaban J connectivity index is 1.19. The molecule has 226 valence electrons. The minimum atomic E-state index is -4.33. The van der Waals surface area contributed by atoms with Gasteiger partial charge in [-0.15, -0.1) is 11.3 Å². The highest BCUT2D eigenvalue weighted by molar-refractivity contribution is 7.85. The Morgan fingerprint density at radius 1 is 1.19 bits per heavy atom. The number of rotatable bonds is 9. The summed E-state index contributed by atoms with van der Waals surface area (Å²) in [4.78, 5) is 24.5. The van der Waals surface area contributed by atoms with Gasteiger partial charge in [0.2, 0.25) is 5.91 Å². The molecule has 1 fully saturated rings. The fourth-order valence-electron chi connectivity index (χ4n) is 4.98.